The van der Waals surface area contributed by atoms with Crippen molar-refractivity contribution in [2.45, 2.75) is 26.7 Å². The highest BCUT2D eigenvalue weighted by Gasteiger charge is 2.06. The van der Waals surface area contributed by atoms with E-state index < -0.39 is 0 Å². The number of anilines is 1. The summed E-state index contributed by atoms with van der Waals surface area (Å²) in [4.78, 5) is 22.4. The lowest BCUT2D eigenvalue weighted by Gasteiger charge is -2.08. The van der Waals surface area contributed by atoms with E-state index in [0.717, 1.165) is 25.1 Å². The van der Waals surface area contributed by atoms with Gasteiger partial charge in [0.05, 0.1) is 32.0 Å². The number of ether oxygens (including phenoxy) is 4. The minimum atomic E-state index is -0.369. The molecule has 0 aliphatic rings. The predicted octanol–water partition coefficient (Wildman–Crippen LogP) is 2.65. The molecule has 0 atom stereocenters. The van der Waals surface area contributed by atoms with Gasteiger partial charge in [-0.05, 0) is 30.7 Å². The first-order valence-electron chi connectivity index (χ1n) is 8.93. The van der Waals surface area contributed by atoms with Gasteiger partial charge in [-0.25, -0.2) is 4.79 Å². The predicted molar refractivity (Wildman–Crippen MR) is 98.4 cm³/mol. The number of hydrogen-bond acceptors (Lipinski definition) is 7. The first kappa shape index (κ1) is 21.9. The lowest BCUT2D eigenvalue weighted by Crippen LogP contribution is -2.14. The molecule has 26 heavy (non-hydrogen) atoms. The molecule has 1 aromatic carbocycles. The molecular formula is C19H29NO6. The second-order valence-corrected chi connectivity index (χ2v) is 5.56. The van der Waals surface area contributed by atoms with E-state index in [1.54, 1.807) is 12.1 Å². The Morgan fingerprint density at radius 2 is 1.46 bits per heavy atom. The quantitative estimate of drug-likeness (QED) is 0.400. The molecule has 1 aromatic rings. The topological polar surface area (TPSA) is 83.1 Å². The van der Waals surface area contributed by atoms with E-state index in [-0.39, 0.29) is 25.2 Å². The van der Waals surface area contributed by atoms with Crippen molar-refractivity contribution in [3.05, 3.63) is 29.8 Å². The summed E-state index contributed by atoms with van der Waals surface area (Å²) >= 11 is 0. The van der Waals surface area contributed by atoms with Crippen molar-refractivity contribution in [3.8, 4) is 0 Å². The zero-order chi connectivity index (χ0) is 19.0. The molecule has 0 heterocycles. The summed E-state index contributed by atoms with van der Waals surface area (Å²) in [5, 5.41) is 3.29. The third-order valence-corrected chi connectivity index (χ3v) is 3.35. The molecule has 0 saturated heterocycles. The molecule has 7 nitrogen and oxygen atoms in total. The zero-order valence-corrected chi connectivity index (χ0v) is 15.6. The second kappa shape index (κ2) is 14.1. The van der Waals surface area contributed by atoms with Gasteiger partial charge in [-0.15, -0.1) is 0 Å². The highest BCUT2D eigenvalue weighted by atomic mass is 16.6. The van der Waals surface area contributed by atoms with Gasteiger partial charge in [-0.3, -0.25) is 4.79 Å². The monoisotopic (exact) mass is 367 g/mol. The van der Waals surface area contributed by atoms with Crippen LogP contribution in [0.4, 0.5) is 5.69 Å². The molecule has 0 amide bonds. The Balaban J connectivity index is 2.05. The Labute approximate surface area is 155 Å². The van der Waals surface area contributed by atoms with E-state index in [9.17, 15) is 9.59 Å². The fourth-order valence-corrected chi connectivity index (χ4v) is 1.98. The fourth-order valence-electron chi connectivity index (χ4n) is 1.98. The first-order valence-corrected chi connectivity index (χ1v) is 8.93. The number of benzene rings is 1. The van der Waals surface area contributed by atoms with Crippen LogP contribution in [0.25, 0.3) is 0 Å². The summed E-state index contributed by atoms with van der Waals surface area (Å²) in [5.41, 5.74) is 1.51. The summed E-state index contributed by atoms with van der Waals surface area (Å²) < 4.78 is 20.4. The smallest absolute Gasteiger partial charge is 0.338 e. The van der Waals surface area contributed by atoms with Crippen LogP contribution in [0.2, 0.25) is 0 Å². The molecule has 0 fully saturated rings. The molecule has 0 aliphatic carbocycles. The second-order valence-electron chi connectivity index (χ2n) is 5.56. The lowest BCUT2D eigenvalue weighted by atomic mass is 10.2. The summed E-state index contributed by atoms with van der Waals surface area (Å²) in [7, 11) is 0. The van der Waals surface area contributed by atoms with Crippen LogP contribution >= 0.6 is 0 Å². The van der Waals surface area contributed by atoms with Crippen LogP contribution in [0, 0.1) is 0 Å². The first-order chi connectivity index (χ1) is 12.6. The largest absolute Gasteiger partial charge is 0.463 e. The van der Waals surface area contributed by atoms with Crippen LogP contribution in [-0.2, 0) is 23.7 Å². The maximum atomic E-state index is 11.9. The summed E-state index contributed by atoms with van der Waals surface area (Å²) in [6.45, 7) is 6.24. The fraction of sp³-hybridized carbons (Fsp3) is 0.579. The van der Waals surface area contributed by atoms with Crippen molar-refractivity contribution in [1.29, 1.82) is 0 Å². The van der Waals surface area contributed by atoms with Gasteiger partial charge >= 0.3 is 11.9 Å². The van der Waals surface area contributed by atoms with E-state index in [1.807, 2.05) is 12.1 Å². The summed E-state index contributed by atoms with van der Waals surface area (Å²) in [6, 6.07) is 7.23. The summed E-state index contributed by atoms with van der Waals surface area (Å²) in [6.07, 6.45) is 2.25. The molecule has 1 N–H and O–H groups in total. The molecular weight excluding hydrogens is 338 g/mol. The minimum Gasteiger partial charge on any atom is -0.463 e. The highest BCUT2D eigenvalue weighted by Crippen LogP contribution is 2.10. The number of hydrogen-bond donors (Lipinski definition) is 1. The number of carbonyl (C=O) groups is 2. The van der Waals surface area contributed by atoms with Crippen molar-refractivity contribution in [2.75, 3.05) is 51.5 Å². The number of nitrogens with one attached hydrogen (secondary N) is 1. The Hall–Kier alpha value is -2.12. The number of esters is 2. The van der Waals surface area contributed by atoms with E-state index in [1.165, 1.54) is 6.92 Å². The Morgan fingerprint density at radius 3 is 2.04 bits per heavy atom. The lowest BCUT2D eigenvalue weighted by molar-refractivity contribution is -0.142. The van der Waals surface area contributed by atoms with Gasteiger partial charge in [0.1, 0.15) is 13.2 Å². The van der Waals surface area contributed by atoms with Crippen molar-refractivity contribution in [1.82, 2.24) is 0 Å². The molecule has 0 unspecified atom stereocenters. The SMILES string of the molecule is CCCCNc1ccc(C(=O)OCCOCCOCCOC(C)=O)cc1. The number of carbonyl (C=O) groups excluding carboxylic acids is 2. The molecule has 0 bridgehead atoms. The Morgan fingerprint density at radius 1 is 0.885 bits per heavy atom. The van der Waals surface area contributed by atoms with Crippen molar-refractivity contribution < 1.29 is 28.5 Å². The highest BCUT2D eigenvalue weighted by molar-refractivity contribution is 5.89. The van der Waals surface area contributed by atoms with Gasteiger partial charge < -0.3 is 24.3 Å². The van der Waals surface area contributed by atoms with Gasteiger partial charge in [0.15, 0.2) is 0 Å². The number of unbranched alkanes of at least 4 members (excludes halogenated alkanes) is 1. The van der Waals surface area contributed by atoms with Crippen molar-refractivity contribution in [3.63, 3.8) is 0 Å². The minimum absolute atomic E-state index is 0.183. The molecule has 0 aliphatic heterocycles. The van der Waals surface area contributed by atoms with Crippen LogP contribution in [0.1, 0.15) is 37.0 Å². The molecule has 146 valence electrons. The van der Waals surface area contributed by atoms with E-state index in [0.29, 0.717) is 32.0 Å². The van der Waals surface area contributed by atoms with Gasteiger partial charge in [-0.2, -0.15) is 0 Å². The third-order valence-electron chi connectivity index (χ3n) is 3.35. The van der Waals surface area contributed by atoms with Crippen LogP contribution in [0.5, 0.6) is 0 Å². The van der Waals surface area contributed by atoms with Crippen LogP contribution in [0.3, 0.4) is 0 Å². The molecule has 7 heteroatoms. The standard InChI is InChI=1S/C19H29NO6/c1-3-4-9-20-18-7-5-17(6-8-18)19(22)26-15-13-24-11-10-23-12-14-25-16(2)21/h5-8,20H,3-4,9-15H2,1-2H3. The maximum Gasteiger partial charge on any atom is 0.338 e. The average Bonchev–Trinajstić information content (AvgIpc) is 2.63. The Kier molecular flexibility index (Phi) is 11.9. The van der Waals surface area contributed by atoms with E-state index >= 15 is 0 Å². The van der Waals surface area contributed by atoms with Crippen LogP contribution in [0.15, 0.2) is 24.3 Å². The van der Waals surface area contributed by atoms with Crippen LogP contribution in [-0.4, -0.2) is 58.1 Å². The Bertz CT molecular complexity index is 517. The van der Waals surface area contributed by atoms with Crippen molar-refractivity contribution >= 4 is 17.6 Å². The van der Waals surface area contributed by atoms with Gasteiger partial charge in [0.2, 0.25) is 0 Å². The van der Waals surface area contributed by atoms with Gasteiger partial charge in [0, 0.05) is 19.2 Å². The third kappa shape index (κ3) is 10.7. The van der Waals surface area contributed by atoms with E-state index in [4.69, 9.17) is 18.9 Å². The van der Waals surface area contributed by atoms with Gasteiger partial charge in [0.25, 0.3) is 0 Å². The zero-order valence-electron chi connectivity index (χ0n) is 15.6. The molecule has 0 radical (unpaired) electrons. The van der Waals surface area contributed by atoms with Crippen LogP contribution < -0.4 is 5.32 Å². The summed E-state index contributed by atoms with van der Waals surface area (Å²) in [5.74, 6) is -0.694. The molecule has 0 spiro atoms. The maximum absolute atomic E-state index is 11.9. The van der Waals surface area contributed by atoms with Crippen molar-refractivity contribution in [2.24, 2.45) is 0 Å². The molecule has 0 aromatic heterocycles. The van der Waals surface area contributed by atoms with Gasteiger partial charge in [-0.1, -0.05) is 13.3 Å². The normalized spacial score (nSPS) is 10.4. The van der Waals surface area contributed by atoms with E-state index in [2.05, 4.69) is 12.2 Å². The average molecular weight is 367 g/mol. The molecule has 1 rings (SSSR count). The molecule has 0 saturated carbocycles. The number of rotatable bonds is 14.